The van der Waals surface area contributed by atoms with Crippen molar-refractivity contribution in [1.82, 2.24) is 20.2 Å². The molecule has 3 heterocycles. The van der Waals surface area contributed by atoms with Crippen molar-refractivity contribution in [3.63, 3.8) is 0 Å². The van der Waals surface area contributed by atoms with Gasteiger partial charge < -0.3 is 19.9 Å². The summed E-state index contributed by atoms with van der Waals surface area (Å²) in [5, 5.41) is 6.74. The second kappa shape index (κ2) is 10.5. The molecule has 1 aromatic heterocycles. The Balaban J connectivity index is 1.50. The van der Waals surface area contributed by atoms with Crippen molar-refractivity contribution in [2.24, 2.45) is 0 Å². The first-order chi connectivity index (χ1) is 18.4. The van der Waals surface area contributed by atoms with Gasteiger partial charge in [-0.05, 0) is 56.4 Å². The highest BCUT2D eigenvalue weighted by Crippen LogP contribution is 2.43. The molecule has 2 unspecified atom stereocenters. The van der Waals surface area contributed by atoms with Crippen molar-refractivity contribution in [3.8, 4) is 17.1 Å². The van der Waals surface area contributed by atoms with Crippen molar-refractivity contribution in [2.45, 2.75) is 31.3 Å². The summed E-state index contributed by atoms with van der Waals surface area (Å²) >= 11 is 13.4. The van der Waals surface area contributed by atoms with Gasteiger partial charge in [0.15, 0.2) is 5.82 Å². The molecule has 3 aromatic carbocycles. The number of benzene rings is 3. The van der Waals surface area contributed by atoms with Crippen molar-refractivity contribution < 1.29 is 9.13 Å². The van der Waals surface area contributed by atoms with Gasteiger partial charge in [-0.15, -0.1) is 0 Å². The summed E-state index contributed by atoms with van der Waals surface area (Å²) in [5.41, 5.74) is 1.11. The van der Waals surface area contributed by atoms with E-state index in [1.165, 1.54) is 0 Å². The first kappa shape index (κ1) is 25.6. The third-order valence-corrected chi connectivity index (χ3v) is 8.08. The summed E-state index contributed by atoms with van der Waals surface area (Å²) in [6, 6.07) is 14.1. The van der Waals surface area contributed by atoms with Gasteiger partial charge in [0.1, 0.15) is 11.3 Å². The van der Waals surface area contributed by atoms with Crippen molar-refractivity contribution in [1.29, 1.82) is 0 Å². The molecule has 0 spiro atoms. The van der Waals surface area contributed by atoms with Gasteiger partial charge in [0.25, 0.3) is 0 Å². The minimum Gasteiger partial charge on any atom is -0.463 e. The Bertz CT molecular complexity index is 1500. The minimum atomic E-state index is -0.500. The van der Waals surface area contributed by atoms with Crippen molar-refractivity contribution in [3.05, 3.63) is 58.3 Å². The first-order valence-corrected chi connectivity index (χ1v) is 13.8. The summed E-state index contributed by atoms with van der Waals surface area (Å²) in [7, 11) is 4.03. The van der Waals surface area contributed by atoms with Crippen LogP contribution < -0.4 is 15.0 Å². The zero-order chi connectivity index (χ0) is 26.4. The number of piperazine rings is 1. The third kappa shape index (κ3) is 4.77. The number of aromatic nitrogens is 2. The summed E-state index contributed by atoms with van der Waals surface area (Å²) in [6.45, 7) is 2.90. The molecule has 0 aliphatic carbocycles. The predicted molar refractivity (Wildman–Crippen MR) is 153 cm³/mol. The molecule has 6 nitrogen and oxygen atoms in total. The maximum Gasteiger partial charge on any atom is 0.319 e. The van der Waals surface area contributed by atoms with Crippen LogP contribution in [0.5, 0.6) is 6.01 Å². The van der Waals surface area contributed by atoms with E-state index < -0.39 is 5.82 Å². The van der Waals surface area contributed by atoms with Gasteiger partial charge in [-0.3, -0.25) is 0 Å². The van der Waals surface area contributed by atoms with Crippen LogP contribution in [0.3, 0.4) is 0 Å². The topological polar surface area (TPSA) is 53.5 Å². The average molecular weight is 554 g/mol. The molecule has 2 saturated heterocycles. The molecular weight excluding hydrogens is 524 g/mol. The number of fused-ring (bicyclic) bond motifs is 4. The monoisotopic (exact) mass is 553 g/mol. The average Bonchev–Trinajstić information content (AvgIpc) is 3.24. The lowest BCUT2D eigenvalue weighted by atomic mass is 9.96. The maximum absolute atomic E-state index is 16.6. The van der Waals surface area contributed by atoms with Crippen LogP contribution >= 0.6 is 23.2 Å². The van der Waals surface area contributed by atoms with Gasteiger partial charge >= 0.3 is 6.01 Å². The number of nitrogens with one attached hydrogen (secondary N) is 1. The van der Waals surface area contributed by atoms with E-state index in [4.69, 9.17) is 32.9 Å². The van der Waals surface area contributed by atoms with Gasteiger partial charge in [-0.2, -0.15) is 9.97 Å². The fourth-order valence-corrected chi connectivity index (χ4v) is 6.31. The van der Waals surface area contributed by atoms with E-state index in [0.717, 1.165) is 49.7 Å². The number of halogens is 3. The second-order valence-electron chi connectivity index (χ2n) is 10.5. The van der Waals surface area contributed by atoms with Crippen LogP contribution in [0.15, 0.2) is 42.5 Å². The van der Waals surface area contributed by atoms with Gasteiger partial charge in [-0.25, -0.2) is 4.39 Å². The van der Waals surface area contributed by atoms with Crippen LogP contribution in [0.1, 0.15) is 19.3 Å². The summed E-state index contributed by atoms with van der Waals surface area (Å²) < 4.78 is 22.5. The Morgan fingerprint density at radius 1 is 1.05 bits per heavy atom. The van der Waals surface area contributed by atoms with E-state index >= 15 is 4.39 Å². The number of hydrogen-bond acceptors (Lipinski definition) is 6. The Hall–Kier alpha value is -2.71. The lowest BCUT2D eigenvalue weighted by molar-refractivity contribution is 0.264. The second-order valence-corrected chi connectivity index (χ2v) is 11.3. The zero-order valence-electron chi connectivity index (χ0n) is 21.5. The molecule has 2 fully saturated rings. The molecule has 0 saturated carbocycles. The van der Waals surface area contributed by atoms with E-state index in [1.54, 1.807) is 12.1 Å². The van der Waals surface area contributed by atoms with Crippen LogP contribution in [0.4, 0.5) is 10.2 Å². The van der Waals surface area contributed by atoms with Gasteiger partial charge in [0.2, 0.25) is 0 Å². The van der Waals surface area contributed by atoms with Gasteiger partial charge in [-0.1, -0.05) is 53.5 Å². The van der Waals surface area contributed by atoms with Crippen molar-refractivity contribution >= 4 is 50.7 Å². The number of hydrogen-bond donors (Lipinski definition) is 1. The highest BCUT2D eigenvalue weighted by molar-refractivity contribution is 6.38. The first-order valence-electron chi connectivity index (χ1n) is 13.0. The molecule has 198 valence electrons. The van der Waals surface area contributed by atoms with Crippen LogP contribution in [0.2, 0.25) is 10.0 Å². The number of ether oxygens (including phenoxy) is 1. The van der Waals surface area contributed by atoms with Crippen LogP contribution in [-0.4, -0.2) is 67.3 Å². The molecule has 2 aliphatic heterocycles. The fourth-order valence-electron chi connectivity index (χ4n) is 5.73. The van der Waals surface area contributed by atoms with Crippen LogP contribution in [0.25, 0.3) is 32.8 Å². The molecule has 1 N–H and O–H groups in total. The smallest absolute Gasteiger partial charge is 0.319 e. The number of nitrogens with zero attached hydrogens (tertiary/aromatic N) is 4. The van der Waals surface area contributed by atoms with Crippen LogP contribution in [0, 0.1) is 5.82 Å². The molecule has 2 bridgehead atoms. The predicted octanol–water partition coefficient (Wildman–Crippen LogP) is 6.17. The third-order valence-electron chi connectivity index (χ3n) is 7.46. The Morgan fingerprint density at radius 2 is 1.79 bits per heavy atom. The van der Waals surface area contributed by atoms with E-state index in [9.17, 15) is 0 Å². The van der Waals surface area contributed by atoms with Crippen LogP contribution in [-0.2, 0) is 0 Å². The lowest BCUT2D eigenvalue weighted by Gasteiger charge is -2.34. The molecule has 2 atom stereocenters. The molecular formula is C29H30Cl2FN5O. The largest absolute Gasteiger partial charge is 0.463 e. The number of anilines is 1. The molecule has 9 heteroatoms. The summed E-state index contributed by atoms with van der Waals surface area (Å²) in [5.74, 6) is 0.166. The molecule has 38 heavy (non-hydrogen) atoms. The summed E-state index contributed by atoms with van der Waals surface area (Å²) in [6.07, 6.45) is 3.06. The standard InChI is InChI=1S/C29H30Cl2FN5O/c1-36(2)12-5-13-38-29-34-27-21(28(35-29)37-15-18-10-11-19(16-37)33-18)14-23(31)25(26(27)32)20-8-3-6-17-7-4-9-22(30)24(17)20/h3-4,6-9,14,18-19,33H,5,10-13,15-16H2,1-2H3. The van der Waals surface area contributed by atoms with E-state index in [-0.39, 0.29) is 17.1 Å². The van der Waals surface area contributed by atoms with Gasteiger partial charge in [0.05, 0.1) is 11.6 Å². The number of rotatable bonds is 7. The molecule has 6 rings (SSSR count). The minimum absolute atomic E-state index is 0.181. The highest BCUT2D eigenvalue weighted by Gasteiger charge is 2.34. The van der Waals surface area contributed by atoms with E-state index in [2.05, 4.69) is 20.1 Å². The fraction of sp³-hybridized carbons (Fsp3) is 0.379. The van der Waals surface area contributed by atoms with Crippen molar-refractivity contribution in [2.75, 3.05) is 45.2 Å². The molecule has 0 amide bonds. The molecule has 4 aromatic rings. The van der Waals surface area contributed by atoms with E-state index in [0.29, 0.717) is 45.5 Å². The molecule has 0 radical (unpaired) electrons. The Labute approximate surface area is 231 Å². The highest BCUT2D eigenvalue weighted by atomic mass is 35.5. The Morgan fingerprint density at radius 3 is 2.53 bits per heavy atom. The lowest BCUT2D eigenvalue weighted by Crippen LogP contribution is -2.51. The summed E-state index contributed by atoms with van der Waals surface area (Å²) in [4.78, 5) is 13.7. The Kier molecular flexibility index (Phi) is 7.03. The SMILES string of the molecule is CN(C)CCCOc1nc(N2CC3CCC(C2)N3)c2cc(Cl)c(-c3cccc4cccc(Cl)c34)c(F)c2n1. The van der Waals surface area contributed by atoms with E-state index in [1.807, 2.05) is 44.4 Å². The normalized spacial score (nSPS) is 19.2. The zero-order valence-corrected chi connectivity index (χ0v) is 23.0. The van der Waals surface area contributed by atoms with Gasteiger partial charge in [0, 0.05) is 53.1 Å². The maximum atomic E-state index is 16.6. The quantitative estimate of drug-likeness (QED) is 0.276. The molecule has 2 aliphatic rings.